The molecule has 0 aliphatic carbocycles. The molecule has 0 amide bonds. The number of hydrogen-bond acceptors (Lipinski definition) is 3. The molecule has 3 N–H and O–H groups in total. The van der Waals surface area contributed by atoms with Gasteiger partial charge in [0, 0.05) is 0 Å². The van der Waals surface area contributed by atoms with Gasteiger partial charge in [-0.3, -0.25) is 0 Å². The second-order valence-electron chi connectivity index (χ2n) is 1.15. The first-order valence-corrected chi connectivity index (χ1v) is 2.39. The van der Waals surface area contributed by atoms with Gasteiger partial charge < -0.3 is 15.4 Å². The van der Waals surface area contributed by atoms with Gasteiger partial charge in [-0.05, 0) is 0 Å². The average Bonchev–Trinajstić information content (AvgIpc) is 1.69. The van der Waals surface area contributed by atoms with Gasteiger partial charge in [-0.1, -0.05) is 0 Å². The minimum absolute atomic E-state index is 0.166. The van der Waals surface area contributed by atoms with E-state index in [1.54, 1.807) is 15.1 Å². The zero-order valence-electron chi connectivity index (χ0n) is 3.61. The Bertz CT molecular complexity index is 52.1. The van der Waals surface area contributed by atoms with Crippen molar-refractivity contribution in [3.8, 4) is 0 Å². The minimum Gasteiger partial charge on any atom is -0.379 e. The van der Waals surface area contributed by atoms with Gasteiger partial charge in [0.05, 0.1) is 0 Å². The third kappa shape index (κ3) is 1.73. The summed E-state index contributed by atoms with van der Waals surface area (Å²) in [5.41, 5.74) is 0. The third-order valence-corrected chi connectivity index (χ3v) is 0.878. The number of nitrogens with one attached hydrogen (secondary N) is 3. The molecule has 1 aliphatic heterocycles. The summed E-state index contributed by atoms with van der Waals surface area (Å²) in [5, 5.41) is 8.30. The maximum absolute atomic E-state index is 5.49. The fourth-order valence-electron chi connectivity index (χ4n) is 0.332. The maximum Gasteiger partial charge on any atom is 0.392 e. The van der Waals surface area contributed by atoms with Crippen molar-refractivity contribution in [3.05, 3.63) is 0 Å². The Morgan fingerprint density at radius 1 is 1.29 bits per heavy atom. The fourth-order valence-corrected chi connectivity index (χ4v) is 0.458. The fraction of sp³-hybridized carbons (Fsp3) is 0. The van der Waals surface area contributed by atoms with E-state index in [0.29, 0.717) is 0 Å². The second kappa shape index (κ2) is 2.62. The molecule has 2 radical (unpaired) electrons. The maximum atomic E-state index is 5.49. The van der Waals surface area contributed by atoms with Crippen molar-refractivity contribution in [2.24, 2.45) is 0 Å². The van der Waals surface area contributed by atoms with Gasteiger partial charge >= 0.3 is 6.40 Å². The lowest BCUT2D eigenvalue weighted by Gasteiger charge is -2.13. The van der Waals surface area contributed by atoms with E-state index in [4.69, 9.17) is 11.5 Å². The normalized spacial score (nSPS) is 20.4. The second-order valence-corrected chi connectivity index (χ2v) is 1.59. The molecule has 3 nitrogen and oxygen atoms in total. The summed E-state index contributed by atoms with van der Waals surface area (Å²) >= 11 is 5.49. The molecule has 1 aliphatic rings. The van der Waals surface area contributed by atoms with Gasteiger partial charge in [0.1, 0.15) is 0 Å². The lowest BCUT2D eigenvalue weighted by molar-refractivity contribution is 1.27. The summed E-state index contributed by atoms with van der Waals surface area (Å²) in [6.07, 6.45) is -0.166. The lowest BCUT2D eigenvalue weighted by Crippen LogP contribution is -2.60. The summed E-state index contributed by atoms with van der Waals surface area (Å²) < 4.78 is 0. The molecule has 0 saturated carbocycles. The molecule has 0 aromatic heterocycles. The Morgan fingerprint density at radius 2 is 1.86 bits per heavy atom. The topological polar surface area (TPSA) is 36.1 Å². The molecule has 34 valence electrons. The van der Waals surface area contributed by atoms with Crippen molar-refractivity contribution in [2.75, 3.05) is 0 Å². The third-order valence-electron chi connectivity index (χ3n) is 0.626. The highest BCUT2D eigenvalue weighted by Gasteiger charge is 2.13. The summed E-state index contributed by atoms with van der Waals surface area (Å²) in [6.45, 7) is 0. The smallest absolute Gasteiger partial charge is 0.379 e. The van der Waals surface area contributed by atoms with Crippen LogP contribution in [0, 0.1) is 0 Å². The predicted octanol–water partition coefficient (Wildman–Crippen LogP) is -1.94. The Hall–Kier alpha value is 0.365. The van der Waals surface area contributed by atoms with Gasteiger partial charge in [0.15, 0.2) is 0 Å². The first-order chi connectivity index (χ1) is 3.39. The molecule has 7 heavy (non-hydrogen) atoms. The van der Waals surface area contributed by atoms with Crippen molar-refractivity contribution < 1.29 is 0 Å². The highest BCUT2D eigenvalue weighted by Crippen LogP contribution is 1.75. The van der Waals surface area contributed by atoms with Crippen molar-refractivity contribution in [1.29, 1.82) is 0 Å². The monoisotopic (exact) mass is 113 g/mol. The van der Waals surface area contributed by atoms with Crippen LogP contribution in [0.15, 0.2) is 0 Å². The molecule has 1 heterocycles. The summed E-state index contributed by atoms with van der Waals surface area (Å²) in [7, 11) is 3.32. The van der Waals surface area contributed by atoms with Crippen LogP contribution < -0.4 is 15.4 Å². The molecule has 1 fully saturated rings. The Labute approximate surface area is 49.2 Å². The van der Waals surface area contributed by atoms with Crippen LogP contribution in [-0.2, 0) is 0 Å². The van der Waals surface area contributed by atoms with E-state index in [0.717, 1.165) is 0 Å². The first-order valence-electron chi connectivity index (χ1n) is 1.95. The average molecular weight is 113 g/mol. The number of halogens is 1. The molecular weight excluding hydrogens is 110 g/mol. The lowest BCUT2D eigenvalue weighted by atomic mass is 9.84. The van der Waals surface area contributed by atoms with Crippen molar-refractivity contribution in [3.63, 3.8) is 0 Å². The van der Waals surface area contributed by atoms with Gasteiger partial charge in [0.2, 0.25) is 0 Å². The van der Waals surface area contributed by atoms with E-state index in [1.165, 1.54) is 0 Å². The van der Waals surface area contributed by atoms with Crippen molar-refractivity contribution in [2.45, 2.75) is 0 Å². The standard InChI is InChI=1S/B3ClH3N3/c4-3-6-1-5-2-7-3/h5-7H. The molecule has 0 unspecified atom stereocenters. The number of hydrogen-bond donors (Lipinski definition) is 3. The zero-order chi connectivity index (χ0) is 5.11. The molecule has 1 rings (SSSR count). The van der Waals surface area contributed by atoms with Crippen LogP contribution in [0.1, 0.15) is 0 Å². The summed E-state index contributed by atoms with van der Waals surface area (Å²) in [5.74, 6) is 0. The van der Waals surface area contributed by atoms with Gasteiger partial charge in [-0.25, -0.2) is 0 Å². The Balaban J connectivity index is 2.12. The van der Waals surface area contributed by atoms with Crippen molar-refractivity contribution in [1.82, 2.24) is 15.4 Å². The van der Waals surface area contributed by atoms with E-state index >= 15 is 0 Å². The molecule has 0 spiro atoms. The van der Waals surface area contributed by atoms with Crippen LogP contribution in [0.25, 0.3) is 0 Å². The van der Waals surface area contributed by atoms with E-state index in [-0.39, 0.29) is 6.40 Å². The predicted molar refractivity (Wildman–Crippen MR) is 32.5 cm³/mol. The molecular formula is H3B3ClN3. The van der Waals surface area contributed by atoms with E-state index in [1.807, 2.05) is 0 Å². The number of rotatable bonds is 0. The SMILES string of the molecule is ClB1N[B]N[B]N1. The Morgan fingerprint density at radius 3 is 2.14 bits per heavy atom. The Kier molecular flexibility index (Phi) is 2.06. The molecule has 0 aromatic rings. The van der Waals surface area contributed by atoms with Crippen LogP contribution in [0.4, 0.5) is 0 Å². The van der Waals surface area contributed by atoms with Crippen LogP contribution >= 0.6 is 11.5 Å². The van der Waals surface area contributed by atoms with Crippen LogP contribution in [0.5, 0.6) is 0 Å². The molecule has 1 saturated heterocycles. The highest BCUT2D eigenvalue weighted by molar-refractivity contribution is 7.09. The molecule has 0 atom stereocenters. The van der Waals surface area contributed by atoms with E-state index in [2.05, 4.69) is 15.4 Å². The van der Waals surface area contributed by atoms with Crippen molar-refractivity contribution >= 4 is 33.0 Å². The largest absolute Gasteiger partial charge is 0.392 e. The summed E-state index contributed by atoms with van der Waals surface area (Å²) in [6, 6.07) is 0. The molecule has 0 aromatic carbocycles. The van der Waals surface area contributed by atoms with Gasteiger partial charge in [-0.15, -0.1) is 0 Å². The van der Waals surface area contributed by atoms with Gasteiger partial charge in [0.25, 0.3) is 15.1 Å². The summed E-state index contributed by atoms with van der Waals surface area (Å²) in [4.78, 5) is 0. The van der Waals surface area contributed by atoms with Gasteiger partial charge in [-0.2, -0.15) is 11.5 Å². The first kappa shape index (κ1) is 5.50. The van der Waals surface area contributed by atoms with Crippen LogP contribution in [0.2, 0.25) is 0 Å². The quantitative estimate of drug-likeness (QED) is 0.320. The zero-order valence-corrected chi connectivity index (χ0v) is 4.37. The van der Waals surface area contributed by atoms with Crippen LogP contribution in [-0.4, -0.2) is 21.5 Å². The molecule has 0 bridgehead atoms. The minimum atomic E-state index is -0.166. The van der Waals surface area contributed by atoms with Crippen LogP contribution in [0.3, 0.4) is 0 Å². The van der Waals surface area contributed by atoms with E-state index < -0.39 is 0 Å². The highest BCUT2D eigenvalue weighted by atomic mass is 35.5. The van der Waals surface area contributed by atoms with E-state index in [9.17, 15) is 0 Å². The molecule has 7 heteroatoms.